The van der Waals surface area contributed by atoms with Gasteiger partial charge < -0.3 is 4.90 Å². The van der Waals surface area contributed by atoms with Gasteiger partial charge in [0.2, 0.25) is 5.91 Å². The summed E-state index contributed by atoms with van der Waals surface area (Å²) >= 11 is 0. The number of carbonyl (C=O) groups excluding carboxylic acids is 1. The number of carbonyl (C=O) groups is 1. The summed E-state index contributed by atoms with van der Waals surface area (Å²) in [6.07, 6.45) is 7.97. The van der Waals surface area contributed by atoms with Gasteiger partial charge in [0.05, 0.1) is 0 Å². The molecule has 2 heteroatoms. The molecule has 1 aliphatic rings. The van der Waals surface area contributed by atoms with Crippen LogP contribution in [-0.4, -0.2) is 23.9 Å². The first kappa shape index (κ1) is 10.6. The third kappa shape index (κ3) is 3.79. The Morgan fingerprint density at radius 2 is 2.00 bits per heavy atom. The summed E-state index contributed by atoms with van der Waals surface area (Å²) in [6, 6.07) is 0. The van der Waals surface area contributed by atoms with E-state index in [-0.39, 0.29) is 0 Å². The van der Waals surface area contributed by atoms with Crippen LogP contribution in [0.3, 0.4) is 0 Å². The number of unbranched alkanes of at least 4 members (excludes halogenated alkanes) is 1. The summed E-state index contributed by atoms with van der Waals surface area (Å²) in [5, 5.41) is 0. The molecule has 0 saturated carbocycles. The largest absolute Gasteiger partial charge is 0.343 e. The first-order valence-corrected chi connectivity index (χ1v) is 5.62. The Labute approximate surface area is 81.3 Å². The first-order valence-electron chi connectivity index (χ1n) is 5.62. The molecule has 0 radical (unpaired) electrons. The third-order valence-corrected chi connectivity index (χ3v) is 2.70. The molecule has 0 N–H and O–H groups in total. The van der Waals surface area contributed by atoms with E-state index in [4.69, 9.17) is 0 Å². The maximum Gasteiger partial charge on any atom is 0.222 e. The summed E-state index contributed by atoms with van der Waals surface area (Å²) < 4.78 is 0. The third-order valence-electron chi connectivity index (χ3n) is 2.70. The van der Waals surface area contributed by atoms with Crippen molar-refractivity contribution in [3.05, 3.63) is 0 Å². The van der Waals surface area contributed by atoms with Gasteiger partial charge in [-0.15, -0.1) is 0 Å². The second-order valence-corrected chi connectivity index (χ2v) is 3.90. The SMILES string of the molecule is CCCCN1CCCCCCC1=O. The van der Waals surface area contributed by atoms with Crippen LogP contribution in [0.2, 0.25) is 0 Å². The molecule has 0 spiro atoms. The van der Waals surface area contributed by atoms with E-state index in [1.165, 1.54) is 25.7 Å². The predicted octanol–water partition coefficient (Wildman–Crippen LogP) is 2.58. The quantitative estimate of drug-likeness (QED) is 0.658. The summed E-state index contributed by atoms with van der Waals surface area (Å²) in [6.45, 7) is 4.16. The lowest BCUT2D eigenvalue weighted by molar-refractivity contribution is -0.131. The summed E-state index contributed by atoms with van der Waals surface area (Å²) in [5.74, 6) is 0.383. The molecule has 2 nitrogen and oxygen atoms in total. The molecule has 1 fully saturated rings. The van der Waals surface area contributed by atoms with E-state index in [1.807, 2.05) is 0 Å². The van der Waals surface area contributed by atoms with Crippen molar-refractivity contribution in [1.82, 2.24) is 4.90 Å². The van der Waals surface area contributed by atoms with Crippen molar-refractivity contribution in [1.29, 1.82) is 0 Å². The molecule has 0 unspecified atom stereocenters. The minimum atomic E-state index is 0.383. The average molecular weight is 183 g/mol. The first-order chi connectivity index (χ1) is 6.34. The Balaban J connectivity index is 2.32. The number of rotatable bonds is 3. The molecule has 0 aromatic carbocycles. The van der Waals surface area contributed by atoms with Crippen molar-refractivity contribution < 1.29 is 4.79 Å². The minimum absolute atomic E-state index is 0.383. The van der Waals surface area contributed by atoms with E-state index in [0.717, 1.165) is 32.4 Å². The van der Waals surface area contributed by atoms with Crippen LogP contribution in [0, 0.1) is 0 Å². The smallest absolute Gasteiger partial charge is 0.222 e. The van der Waals surface area contributed by atoms with Gasteiger partial charge in [-0.05, 0) is 19.3 Å². The van der Waals surface area contributed by atoms with Gasteiger partial charge in [-0.3, -0.25) is 4.79 Å². The van der Waals surface area contributed by atoms with Crippen molar-refractivity contribution in [3.8, 4) is 0 Å². The summed E-state index contributed by atoms with van der Waals surface area (Å²) in [4.78, 5) is 13.7. The Bertz CT molecular complexity index is 154. The lowest BCUT2D eigenvalue weighted by Crippen LogP contribution is -2.33. The Morgan fingerprint density at radius 3 is 2.77 bits per heavy atom. The summed E-state index contributed by atoms with van der Waals surface area (Å²) in [7, 11) is 0. The highest BCUT2D eigenvalue weighted by atomic mass is 16.2. The Hall–Kier alpha value is -0.530. The maximum atomic E-state index is 11.6. The topological polar surface area (TPSA) is 20.3 Å². The number of nitrogens with zero attached hydrogens (tertiary/aromatic N) is 1. The van der Waals surface area contributed by atoms with Gasteiger partial charge in [-0.2, -0.15) is 0 Å². The van der Waals surface area contributed by atoms with Gasteiger partial charge in [-0.1, -0.05) is 26.2 Å². The molecule has 0 aliphatic carbocycles. The van der Waals surface area contributed by atoms with Gasteiger partial charge in [0.25, 0.3) is 0 Å². The van der Waals surface area contributed by atoms with Crippen molar-refractivity contribution in [3.63, 3.8) is 0 Å². The van der Waals surface area contributed by atoms with Gasteiger partial charge in [0.1, 0.15) is 0 Å². The zero-order valence-electron chi connectivity index (χ0n) is 8.72. The van der Waals surface area contributed by atoms with E-state index in [1.54, 1.807) is 0 Å². The molecule has 13 heavy (non-hydrogen) atoms. The normalized spacial score (nSPS) is 19.8. The minimum Gasteiger partial charge on any atom is -0.343 e. The number of amides is 1. The van der Waals surface area contributed by atoms with Crippen LogP contribution in [0.4, 0.5) is 0 Å². The Morgan fingerprint density at radius 1 is 1.23 bits per heavy atom. The molecule has 1 amide bonds. The highest BCUT2D eigenvalue weighted by Crippen LogP contribution is 2.12. The van der Waals surface area contributed by atoms with Crippen LogP contribution in [-0.2, 0) is 4.79 Å². The van der Waals surface area contributed by atoms with Crippen molar-refractivity contribution in [2.75, 3.05) is 13.1 Å². The van der Waals surface area contributed by atoms with Crippen LogP contribution < -0.4 is 0 Å². The standard InChI is InChI=1S/C11H21NO/c1-2-3-9-12-10-7-5-4-6-8-11(12)13/h2-10H2,1H3. The fourth-order valence-corrected chi connectivity index (χ4v) is 1.80. The van der Waals surface area contributed by atoms with E-state index in [0.29, 0.717) is 5.91 Å². The fourth-order valence-electron chi connectivity index (χ4n) is 1.80. The van der Waals surface area contributed by atoms with E-state index < -0.39 is 0 Å². The van der Waals surface area contributed by atoms with Crippen molar-refractivity contribution in [2.45, 2.75) is 51.9 Å². The highest BCUT2D eigenvalue weighted by Gasteiger charge is 2.13. The molecule has 0 bridgehead atoms. The van der Waals surface area contributed by atoms with Gasteiger partial charge in [0, 0.05) is 19.5 Å². The monoisotopic (exact) mass is 183 g/mol. The zero-order chi connectivity index (χ0) is 9.52. The zero-order valence-corrected chi connectivity index (χ0v) is 8.72. The van der Waals surface area contributed by atoms with Crippen molar-refractivity contribution in [2.24, 2.45) is 0 Å². The maximum absolute atomic E-state index is 11.6. The van der Waals surface area contributed by atoms with Crippen LogP contribution in [0.15, 0.2) is 0 Å². The van der Waals surface area contributed by atoms with Crippen LogP contribution in [0.25, 0.3) is 0 Å². The molecule has 1 aliphatic heterocycles. The molecule has 1 saturated heterocycles. The summed E-state index contributed by atoms with van der Waals surface area (Å²) in [5.41, 5.74) is 0. The molecule has 76 valence electrons. The van der Waals surface area contributed by atoms with E-state index in [9.17, 15) is 4.79 Å². The Kier molecular flexibility index (Phi) is 4.87. The highest BCUT2D eigenvalue weighted by molar-refractivity contribution is 5.76. The molecule has 1 heterocycles. The number of hydrogen-bond acceptors (Lipinski definition) is 1. The van der Waals surface area contributed by atoms with E-state index >= 15 is 0 Å². The predicted molar refractivity (Wildman–Crippen MR) is 54.6 cm³/mol. The molecule has 0 aromatic rings. The van der Waals surface area contributed by atoms with Gasteiger partial charge >= 0.3 is 0 Å². The lowest BCUT2D eigenvalue weighted by Gasteiger charge is -2.24. The second kappa shape index (κ2) is 6.01. The van der Waals surface area contributed by atoms with Crippen LogP contribution in [0.5, 0.6) is 0 Å². The molecular weight excluding hydrogens is 162 g/mol. The van der Waals surface area contributed by atoms with Gasteiger partial charge in [-0.25, -0.2) is 0 Å². The van der Waals surface area contributed by atoms with Gasteiger partial charge in [0.15, 0.2) is 0 Å². The molecular formula is C11H21NO. The van der Waals surface area contributed by atoms with Crippen LogP contribution in [0.1, 0.15) is 51.9 Å². The second-order valence-electron chi connectivity index (χ2n) is 3.90. The lowest BCUT2D eigenvalue weighted by atomic mass is 10.1. The van der Waals surface area contributed by atoms with E-state index in [2.05, 4.69) is 11.8 Å². The molecule has 1 rings (SSSR count). The fraction of sp³-hybridized carbons (Fsp3) is 0.909. The van der Waals surface area contributed by atoms with Crippen molar-refractivity contribution >= 4 is 5.91 Å². The number of likely N-dealkylation sites (tertiary alicyclic amines) is 1. The number of hydrogen-bond donors (Lipinski definition) is 0. The van der Waals surface area contributed by atoms with Crippen LogP contribution >= 0.6 is 0 Å². The molecule has 0 aromatic heterocycles. The molecule has 0 atom stereocenters. The average Bonchev–Trinajstić information content (AvgIpc) is 2.11.